The molecule has 0 spiro atoms. The summed E-state index contributed by atoms with van der Waals surface area (Å²) in [7, 11) is 0. The second kappa shape index (κ2) is 3.88. The van der Waals surface area contributed by atoms with E-state index in [0.29, 0.717) is 5.41 Å². The summed E-state index contributed by atoms with van der Waals surface area (Å²) in [6.07, 6.45) is 4.03. The van der Waals surface area contributed by atoms with Gasteiger partial charge in [0.25, 0.3) is 0 Å². The normalized spacial score (nSPS) is 17.9. The quantitative estimate of drug-likeness (QED) is 0.816. The number of anilines is 2. The molecule has 1 saturated carbocycles. The van der Waals surface area contributed by atoms with E-state index in [9.17, 15) is 0 Å². The van der Waals surface area contributed by atoms with Gasteiger partial charge in [-0.3, -0.25) is 0 Å². The second-order valence-corrected chi connectivity index (χ2v) is 6.29. The standard InChI is InChI=1S/C13H17N3S/c1-13(5-2-6-13)8-15-12-16-10-4-3-9(14)7-11(10)17-12/h3-4,7H,2,5-6,8,14H2,1H3,(H,15,16). The van der Waals surface area contributed by atoms with Crippen molar-refractivity contribution < 1.29 is 0 Å². The number of nitrogens with two attached hydrogens (primary N) is 1. The average Bonchev–Trinajstić information content (AvgIpc) is 2.65. The average molecular weight is 247 g/mol. The summed E-state index contributed by atoms with van der Waals surface area (Å²) in [5.41, 5.74) is 8.09. The molecular formula is C13H17N3S. The molecule has 3 rings (SSSR count). The van der Waals surface area contributed by atoms with Crippen LogP contribution < -0.4 is 11.1 Å². The number of hydrogen-bond donors (Lipinski definition) is 2. The Morgan fingerprint density at radius 1 is 1.47 bits per heavy atom. The minimum Gasteiger partial charge on any atom is -0.399 e. The molecule has 0 unspecified atom stereocenters. The summed E-state index contributed by atoms with van der Waals surface area (Å²) >= 11 is 1.68. The van der Waals surface area contributed by atoms with Gasteiger partial charge in [-0.25, -0.2) is 4.98 Å². The highest BCUT2D eigenvalue weighted by Crippen LogP contribution is 2.40. The number of nitrogen functional groups attached to an aromatic ring is 1. The van der Waals surface area contributed by atoms with Crippen molar-refractivity contribution in [1.29, 1.82) is 0 Å². The largest absolute Gasteiger partial charge is 0.399 e. The molecule has 3 nitrogen and oxygen atoms in total. The number of rotatable bonds is 3. The zero-order valence-electron chi connectivity index (χ0n) is 9.99. The molecular weight excluding hydrogens is 230 g/mol. The molecule has 1 aliphatic rings. The molecule has 4 heteroatoms. The lowest BCUT2D eigenvalue weighted by atomic mass is 9.70. The zero-order chi connectivity index (χ0) is 11.9. The van der Waals surface area contributed by atoms with E-state index in [1.807, 2.05) is 18.2 Å². The first kappa shape index (κ1) is 10.8. The van der Waals surface area contributed by atoms with Gasteiger partial charge in [-0.2, -0.15) is 0 Å². The van der Waals surface area contributed by atoms with Gasteiger partial charge in [0.1, 0.15) is 0 Å². The van der Waals surface area contributed by atoms with Gasteiger partial charge in [-0.15, -0.1) is 0 Å². The lowest BCUT2D eigenvalue weighted by molar-refractivity contribution is 0.180. The minimum atomic E-state index is 0.483. The number of benzene rings is 1. The van der Waals surface area contributed by atoms with Gasteiger partial charge < -0.3 is 11.1 Å². The van der Waals surface area contributed by atoms with Gasteiger partial charge in [0.15, 0.2) is 5.13 Å². The van der Waals surface area contributed by atoms with Crippen LogP contribution in [0.3, 0.4) is 0 Å². The molecule has 17 heavy (non-hydrogen) atoms. The third kappa shape index (κ3) is 2.09. The fraction of sp³-hybridized carbons (Fsp3) is 0.462. The van der Waals surface area contributed by atoms with Crippen LogP contribution in [-0.4, -0.2) is 11.5 Å². The molecule has 0 bridgehead atoms. The van der Waals surface area contributed by atoms with E-state index < -0.39 is 0 Å². The minimum absolute atomic E-state index is 0.483. The lowest BCUT2D eigenvalue weighted by Gasteiger charge is -2.38. The van der Waals surface area contributed by atoms with E-state index in [4.69, 9.17) is 5.73 Å². The summed E-state index contributed by atoms with van der Waals surface area (Å²) in [6.45, 7) is 3.37. The Morgan fingerprint density at radius 3 is 3.00 bits per heavy atom. The molecule has 1 aromatic carbocycles. The van der Waals surface area contributed by atoms with Crippen LogP contribution in [0.5, 0.6) is 0 Å². The Bertz CT molecular complexity index is 543. The van der Waals surface area contributed by atoms with Gasteiger partial charge in [-0.1, -0.05) is 24.7 Å². The number of nitrogens with one attached hydrogen (secondary N) is 1. The maximum Gasteiger partial charge on any atom is 0.183 e. The van der Waals surface area contributed by atoms with Crippen molar-refractivity contribution in [2.75, 3.05) is 17.6 Å². The molecule has 0 saturated heterocycles. The molecule has 90 valence electrons. The van der Waals surface area contributed by atoms with Gasteiger partial charge in [0, 0.05) is 12.2 Å². The highest BCUT2D eigenvalue weighted by Gasteiger charge is 2.31. The van der Waals surface area contributed by atoms with Crippen LogP contribution in [0.1, 0.15) is 26.2 Å². The third-order valence-electron chi connectivity index (χ3n) is 3.64. The van der Waals surface area contributed by atoms with Gasteiger partial charge in [0.05, 0.1) is 10.2 Å². The van der Waals surface area contributed by atoms with Crippen molar-refractivity contribution in [2.45, 2.75) is 26.2 Å². The van der Waals surface area contributed by atoms with Gasteiger partial charge in [-0.05, 0) is 36.5 Å². The Kier molecular flexibility index (Phi) is 2.47. The fourth-order valence-electron chi connectivity index (χ4n) is 2.26. The van der Waals surface area contributed by atoms with Gasteiger partial charge in [0.2, 0.25) is 0 Å². The van der Waals surface area contributed by atoms with E-state index in [2.05, 4.69) is 17.2 Å². The molecule has 0 aliphatic heterocycles. The number of aromatic nitrogens is 1. The summed E-state index contributed by atoms with van der Waals surface area (Å²) in [5.74, 6) is 0. The van der Waals surface area contributed by atoms with Crippen molar-refractivity contribution in [3.63, 3.8) is 0 Å². The van der Waals surface area contributed by atoms with Crippen LogP contribution in [0.25, 0.3) is 10.2 Å². The molecule has 1 aromatic heterocycles. The maximum absolute atomic E-state index is 5.77. The summed E-state index contributed by atoms with van der Waals surface area (Å²) in [4.78, 5) is 4.57. The van der Waals surface area contributed by atoms with Crippen molar-refractivity contribution in [3.8, 4) is 0 Å². The summed E-state index contributed by atoms with van der Waals surface area (Å²) in [6, 6.07) is 5.87. The first-order chi connectivity index (χ1) is 8.15. The molecule has 2 aromatic rings. The smallest absolute Gasteiger partial charge is 0.183 e. The van der Waals surface area contributed by atoms with E-state index in [-0.39, 0.29) is 0 Å². The van der Waals surface area contributed by atoms with E-state index >= 15 is 0 Å². The molecule has 0 radical (unpaired) electrons. The molecule has 1 fully saturated rings. The maximum atomic E-state index is 5.77. The van der Waals surface area contributed by atoms with Gasteiger partial charge >= 0.3 is 0 Å². The van der Waals surface area contributed by atoms with Crippen LogP contribution in [0.4, 0.5) is 10.8 Å². The summed E-state index contributed by atoms with van der Waals surface area (Å²) < 4.78 is 1.16. The van der Waals surface area contributed by atoms with Crippen molar-refractivity contribution in [2.24, 2.45) is 5.41 Å². The number of fused-ring (bicyclic) bond motifs is 1. The Balaban J connectivity index is 1.76. The highest BCUT2D eigenvalue weighted by atomic mass is 32.1. The predicted octanol–water partition coefficient (Wildman–Crippen LogP) is 3.48. The van der Waals surface area contributed by atoms with Crippen molar-refractivity contribution in [1.82, 2.24) is 4.98 Å². The molecule has 1 heterocycles. The Labute approximate surface area is 105 Å². The fourth-order valence-corrected chi connectivity index (χ4v) is 3.17. The molecule has 0 atom stereocenters. The Morgan fingerprint density at radius 2 is 2.29 bits per heavy atom. The van der Waals surface area contributed by atoms with Crippen molar-refractivity contribution in [3.05, 3.63) is 18.2 Å². The first-order valence-electron chi connectivity index (χ1n) is 6.05. The predicted molar refractivity (Wildman–Crippen MR) is 74.5 cm³/mol. The van der Waals surface area contributed by atoms with Crippen LogP contribution in [0.2, 0.25) is 0 Å². The second-order valence-electron chi connectivity index (χ2n) is 5.26. The molecule has 3 N–H and O–H groups in total. The lowest BCUT2D eigenvalue weighted by Crippen LogP contribution is -2.33. The van der Waals surface area contributed by atoms with Crippen LogP contribution in [0.15, 0.2) is 18.2 Å². The van der Waals surface area contributed by atoms with E-state index in [0.717, 1.165) is 27.6 Å². The number of thiazole rings is 1. The number of nitrogens with zero attached hydrogens (tertiary/aromatic N) is 1. The monoisotopic (exact) mass is 247 g/mol. The van der Waals surface area contributed by atoms with Crippen LogP contribution >= 0.6 is 11.3 Å². The SMILES string of the molecule is CC1(CNc2nc3ccc(N)cc3s2)CCC1. The zero-order valence-corrected chi connectivity index (χ0v) is 10.8. The molecule has 0 amide bonds. The van der Waals surface area contributed by atoms with E-state index in [1.165, 1.54) is 19.3 Å². The highest BCUT2D eigenvalue weighted by molar-refractivity contribution is 7.22. The van der Waals surface area contributed by atoms with Crippen LogP contribution in [-0.2, 0) is 0 Å². The topological polar surface area (TPSA) is 50.9 Å². The first-order valence-corrected chi connectivity index (χ1v) is 6.86. The van der Waals surface area contributed by atoms with E-state index in [1.54, 1.807) is 11.3 Å². The van der Waals surface area contributed by atoms with Crippen LogP contribution in [0, 0.1) is 5.41 Å². The summed E-state index contributed by atoms with van der Waals surface area (Å²) in [5, 5.41) is 4.48. The third-order valence-corrected chi connectivity index (χ3v) is 4.62. The Hall–Kier alpha value is -1.29. The number of hydrogen-bond acceptors (Lipinski definition) is 4. The molecule has 1 aliphatic carbocycles. The van der Waals surface area contributed by atoms with Crippen molar-refractivity contribution >= 4 is 32.4 Å².